The van der Waals surface area contributed by atoms with E-state index in [9.17, 15) is 4.79 Å². The highest BCUT2D eigenvalue weighted by Gasteiger charge is 2.17. The number of piperidine rings is 1. The van der Waals surface area contributed by atoms with Gasteiger partial charge in [0.15, 0.2) is 0 Å². The summed E-state index contributed by atoms with van der Waals surface area (Å²) < 4.78 is 0. The van der Waals surface area contributed by atoms with Gasteiger partial charge in [0.2, 0.25) is 5.91 Å². The van der Waals surface area contributed by atoms with E-state index in [1.54, 1.807) is 0 Å². The zero-order chi connectivity index (χ0) is 15.1. The van der Waals surface area contributed by atoms with E-state index >= 15 is 0 Å². The van der Waals surface area contributed by atoms with Gasteiger partial charge in [-0.1, -0.05) is 30.7 Å². The van der Waals surface area contributed by atoms with Crippen molar-refractivity contribution in [3.05, 3.63) is 34.9 Å². The van der Waals surface area contributed by atoms with Gasteiger partial charge in [0.1, 0.15) is 0 Å². The molecule has 124 valence electrons. The molecule has 1 amide bonds. The average Bonchev–Trinajstić information content (AvgIpc) is 2.51. The molecule has 1 saturated heterocycles. The number of amides is 1. The first-order chi connectivity index (χ1) is 10.2. The third kappa shape index (κ3) is 6.15. The van der Waals surface area contributed by atoms with Gasteiger partial charge in [0.25, 0.3) is 0 Å². The molecule has 1 aliphatic rings. The Morgan fingerprint density at radius 1 is 1.41 bits per heavy atom. The number of rotatable bonds is 6. The highest BCUT2D eigenvalue weighted by Crippen LogP contribution is 2.21. The Kier molecular flexibility index (Phi) is 8.84. The van der Waals surface area contributed by atoms with Gasteiger partial charge in [-0.15, -0.1) is 12.4 Å². The normalized spacial score (nSPS) is 16.6. The van der Waals surface area contributed by atoms with Crippen LogP contribution in [0.2, 0.25) is 5.02 Å². The Labute approximate surface area is 144 Å². The molecule has 5 heteroatoms. The summed E-state index contributed by atoms with van der Waals surface area (Å²) in [6.07, 6.45) is 4.89. The molecule has 0 bridgehead atoms. The van der Waals surface area contributed by atoms with E-state index in [0.29, 0.717) is 12.3 Å². The number of carbonyl (C=O) groups is 1. The number of hydrogen-bond acceptors (Lipinski definition) is 2. The summed E-state index contributed by atoms with van der Waals surface area (Å²) in [5.41, 5.74) is 1.08. The van der Waals surface area contributed by atoms with Crippen LogP contribution >= 0.6 is 24.0 Å². The lowest BCUT2D eigenvalue weighted by molar-refractivity contribution is -0.122. The topological polar surface area (TPSA) is 41.1 Å². The standard InChI is InChI=1S/C17H25ClN2O.ClH/c1-2-16(14-4-3-5-15(18)12-14)20-17(21)7-6-13-8-10-19-11-9-13;/h3-5,12-13,16,19H,2,6-11H2,1H3,(H,20,21);1H. The van der Waals surface area contributed by atoms with Crippen molar-refractivity contribution in [3.8, 4) is 0 Å². The van der Waals surface area contributed by atoms with E-state index in [4.69, 9.17) is 11.6 Å². The van der Waals surface area contributed by atoms with Crippen LogP contribution in [0.1, 0.15) is 50.6 Å². The molecule has 0 aliphatic carbocycles. The van der Waals surface area contributed by atoms with Crippen molar-refractivity contribution >= 4 is 29.9 Å². The van der Waals surface area contributed by atoms with Crippen LogP contribution in [-0.4, -0.2) is 19.0 Å². The SMILES string of the molecule is CCC(NC(=O)CCC1CCNCC1)c1cccc(Cl)c1.Cl. The zero-order valence-electron chi connectivity index (χ0n) is 13.1. The minimum Gasteiger partial charge on any atom is -0.349 e. The van der Waals surface area contributed by atoms with Crippen molar-refractivity contribution in [2.45, 2.75) is 45.1 Å². The fourth-order valence-corrected chi connectivity index (χ4v) is 3.12. The predicted molar refractivity (Wildman–Crippen MR) is 94.7 cm³/mol. The van der Waals surface area contributed by atoms with Crippen molar-refractivity contribution in [1.82, 2.24) is 10.6 Å². The molecule has 1 atom stereocenters. The van der Waals surface area contributed by atoms with Crippen molar-refractivity contribution in [3.63, 3.8) is 0 Å². The molecule has 1 unspecified atom stereocenters. The molecule has 3 nitrogen and oxygen atoms in total. The van der Waals surface area contributed by atoms with Crippen molar-refractivity contribution in [1.29, 1.82) is 0 Å². The minimum absolute atomic E-state index is 0. The minimum atomic E-state index is 0. The van der Waals surface area contributed by atoms with Gasteiger partial charge in [-0.2, -0.15) is 0 Å². The van der Waals surface area contributed by atoms with E-state index in [1.807, 2.05) is 24.3 Å². The van der Waals surface area contributed by atoms with E-state index in [-0.39, 0.29) is 24.4 Å². The number of nitrogens with one attached hydrogen (secondary N) is 2. The summed E-state index contributed by atoms with van der Waals surface area (Å²) in [7, 11) is 0. The largest absolute Gasteiger partial charge is 0.349 e. The van der Waals surface area contributed by atoms with Gasteiger partial charge in [-0.25, -0.2) is 0 Å². The van der Waals surface area contributed by atoms with E-state index in [1.165, 1.54) is 12.8 Å². The molecule has 2 N–H and O–H groups in total. The number of carbonyl (C=O) groups excluding carboxylic acids is 1. The molecule has 1 aliphatic heterocycles. The Balaban J connectivity index is 0.00000242. The number of benzene rings is 1. The Morgan fingerprint density at radius 2 is 2.14 bits per heavy atom. The molecule has 0 aromatic heterocycles. The molecule has 1 fully saturated rings. The van der Waals surface area contributed by atoms with Crippen LogP contribution in [-0.2, 0) is 4.79 Å². The van der Waals surface area contributed by atoms with Crippen LogP contribution in [0.4, 0.5) is 0 Å². The fraction of sp³-hybridized carbons (Fsp3) is 0.588. The average molecular weight is 345 g/mol. The smallest absolute Gasteiger partial charge is 0.220 e. The van der Waals surface area contributed by atoms with Crippen molar-refractivity contribution < 1.29 is 4.79 Å². The number of halogens is 2. The van der Waals surface area contributed by atoms with Crippen LogP contribution in [0.15, 0.2) is 24.3 Å². The van der Waals surface area contributed by atoms with E-state index in [0.717, 1.165) is 36.5 Å². The maximum Gasteiger partial charge on any atom is 0.220 e. The van der Waals surface area contributed by atoms with Gasteiger partial charge in [0.05, 0.1) is 6.04 Å². The molecule has 0 radical (unpaired) electrons. The Hall–Kier alpha value is -0.770. The second-order valence-corrected chi connectivity index (χ2v) is 6.25. The molecule has 2 rings (SSSR count). The quantitative estimate of drug-likeness (QED) is 0.815. The predicted octanol–water partition coefficient (Wildman–Crippen LogP) is 4.11. The summed E-state index contributed by atoms with van der Waals surface area (Å²) in [6.45, 7) is 4.26. The van der Waals surface area contributed by atoms with Gasteiger partial charge < -0.3 is 10.6 Å². The lowest BCUT2D eigenvalue weighted by atomic mass is 9.93. The Morgan fingerprint density at radius 3 is 2.77 bits per heavy atom. The van der Waals surface area contributed by atoms with Gasteiger partial charge in [-0.05, 0) is 62.4 Å². The highest BCUT2D eigenvalue weighted by molar-refractivity contribution is 6.30. The molecule has 22 heavy (non-hydrogen) atoms. The lowest BCUT2D eigenvalue weighted by Gasteiger charge is -2.23. The molecular formula is C17H26Cl2N2O. The summed E-state index contributed by atoms with van der Waals surface area (Å²) >= 11 is 6.03. The summed E-state index contributed by atoms with van der Waals surface area (Å²) in [5, 5.41) is 7.21. The molecule has 1 aromatic rings. The second kappa shape index (κ2) is 10.1. The van der Waals surface area contributed by atoms with Crippen LogP contribution < -0.4 is 10.6 Å². The molecular weight excluding hydrogens is 319 g/mol. The van der Waals surface area contributed by atoms with Crippen LogP contribution in [0.25, 0.3) is 0 Å². The first kappa shape index (κ1) is 19.3. The van der Waals surface area contributed by atoms with Crippen LogP contribution in [0, 0.1) is 5.92 Å². The zero-order valence-corrected chi connectivity index (χ0v) is 14.7. The van der Waals surface area contributed by atoms with Crippen molar-refractivity contribution in [2.24, 2.45) is 5.92 Å². The fourth-order valence-electron chi connectivity index (χ4n) is 2.92. The summed E-state index contributed by atoms with van der Waals surface area (Å²) in [4.78, 5) is 12.2. The van der Waals surface area contributed by atoms with E-state index in [2.05, 4.69) is 17.6 Å². The van der Waals surface area contributed by atoms with Gasteiger partial charge in [0, 0.05) is 11.4 Å². The highest BCUT2D eigenvalue weighted by atomic mass is 35.5. The van der Waals surface area contributed by atoms with Gasteiger partial charge in [-0.3, -0.25) is 4.79 Å². The number of hydrogen-bond donors (Lipinski definition) is 2. The first-order valence-corrected chi connectivity index (χ1v) is 8.32. The first-order valence-electron chi connectivity index (χ1n) is 7.94. The monoisotopic (exact) mass is 344 g/mol. The van der Waals surface area contributed by atoms with Crippen molar-refractivity contribution in [2.75, 3.05) is 13.1 Å². The van der Waals surface area contributed by atoms with Crippen LogP contribution in [0.3, 0.4) is 0 Å². The third-order valence-electron chi connectivity index (χ3n) is 4.23. The van der Waals surface area contributed by atoms with Gasteiger partial charge >= 0.3 is 0 Å². The molecule has 1 aromatic carbocycles. The lowest BCUT2D eigenvalue weighted by Crippen LogP contribution is -2.31. The van der Waals surface area contributed by atoms with Crippen LogP contribution in [0.5, 0.6) is 0 Å². The van der Waals surface area contributed by atoms with E-state index < -0.39 is 0 Å². The Bertz CT molecular complexity index is 462. The molecule has 0 saturated carbocycles. The maximum atomic E-state index is 12.2. The second-order valence-electron chi connectivity index (χ2n) is 5.82. The molecule has 1 heterocycles. The molecule has 0 spiro atoms. The summed E-state index contributed by atoms with van der Waals surface area (Å²) in [5.74, 6) is 0.851. The third-order valence-corrected chi connectivity index (χ3v) is 4.47. The summed E-state index contributed by atoms with van der Waals surface area (Å²) in [6, 6.07) is 7.80. The maximum absolute atomic E-state index is 12.2.